The van der Waals surface area contributed by atoms with E-state index in [9.17, 15) is 12.8 Å². The van der Waals surface area contributed by atoms with Crippen molar-refractivity contribution in [3.8, 4) is 0 Å². The summed E-state index contributed by atoms with van der Waals surface area (Å²) >= 11 is 1.36. The number of hydrogen-bond acceptors (Lipinski definition) is 5. The molecule has 1 aromatic carbocycles. The predicted molar refractivity (Wildman–Crippen MR) is 73.2 cm³/mol. The van der Waals surface area contributed by atoms with Gasteiger partial charge in [-0.3, -0.25) is 0 Å². The van der Waals surface area contributed by atoms with E-state index in [1.54, 1.807) is 10.9 Å². The highest BCUT2D eigenvalue weighted by Gasteiger charge is 2.20. The number of aromatic nitrogens is 1. The van der Waals surface area contributed by atoms with Crippen molar-refractivity contribution in [1.82, 2.24) is 9.71 Å². The zero-order valence-corrected chi connectivity index (χ0v) is 12.3. The van der Waals surface area contributed by atoms with Crippen molar-refractivity contribution in [3.05, 3.63) is 45.7 Å². The minimum Gasteiger partial charge on any atom is -0.392 e. The van der Waals surface area contributed by atoms with Gasteiger partial charge in [0, 0.05) is 10.9 Å². The van der Waals surface area contributed by atoms with Crippen molar-refractivity contribution in [1.29, 1.82) is 0 Å². The highest BCUT2D eigenvalue weighted by molar-refractivity contribution is 7.89. The second-order valence-corrected chi connectivity index (χ2v) is 6.62. The topological polar surface area (TPSA) is 79.3 Å². The van der Waals surface area contributed by atoms with Gasteiger partial charge in [0.25, 0.3) is 0 Å². The lowest BCUT2D eigenvalue weighted by atomic mass is 10.1. The largest absolute Gasteiger partial charge is 0.392 e. The molecule has 0 amide bonds. The second kappa shape index (κ2) is 5.96. The zero-order valence-electron chi connectivity index (χ0n) is 10.6. The number of halogens is 1. The fourth-order valence-corrected chi connectivity index (χ4v) is 3.51. The predicted octanol–water partition coefficient (Wildman–Crippen LogP) is 1.56. The fraction of sp³-hybridized carbons (Fsp3) is 0.250. The summed E-state index contributed by atoms with van der Waals surface area (Å²) in [6.45, 7) is 0.996. The molecule has 0 aliphatic carbocycles. The van der Waals surface area contributed by atoms with Crippen molar-refractivity contribution in [2.45, 2.75) is 25.0 Å². The normalized spacial score (nSPS) is 11.8. The summed E-state index contributed by atoms with van der Waals surface area (Å²) in [6, 6.07) is 2.39. The van der Waals surface area contributed by atoms with Crippen LogP contribution in [0.5, 0.6) is 0 Å². The molecule has 0 unspecified atom stereocenters. The molecule has 0 spiro atoms. The number of hydrogen-bond donors (Lipinski definition) is 2. The SMILES string of the molecule is Cc1c(F)cc(CO)cc1S(=O)(=O)NCc1cscn1. The molecule has 1 heterocycles. The van der Waals surface area contributed by atoms with Crippen LogP contribution in [-0.2, 0) is 23.2 Å². The van der Waals surface area contributed by atoms with Crippen LogP contribution in [0.25, 0.3) is 0 Å². The summed E-state index contributed by atoms with van der Waals surface area (Å²) in [5, 5.41) is 10.8. The molecular weight excluding hydrogens is 303 g/mol. The molecule has 1 aromatic heterocycles. The minimum atomic E-state index is -3.86. The monoisotopic (exact) mass is 316 g/mol. The summed E-state index contributed by atoms with van der Waals surface area (Å²) in [7, 11) is -3.86. The van der Waals surface area contributed by atoms with Crippen molar-refractivity contribution in [3.63, 3.8) is 0 Å². The first-order valence-corrected chi connectivity index (χ1v) is 8.13. The Labute approximate surface area is 120 Å². The summed E-state index contributed by atoms with van der Waals surface area (Å²) in [5.41, 5.74) is 2.42. The highest BCUT2D eigenvalue weighted by Crippen LogP contribution is 2.21. The highest BCUT2D eigenvalue weighted by atomic mass is 32.2. The van der Waals surface area contributed by atoms with Crippen LogP contribution in [0.2, 0.25) is 0 Å². The number of benzene rings is 1. The molecule has 2 rings (SSSR count). The van der Waals surface area contributed by atoms with Crippen LogP contribution in [0.1, 0.15) is 16.8 Å². The number of nitrogens with zero attached hydrogens (tertiary/aromatic N) is 1. The number of nitrogens with one attached hydrogen (secondary N) is 1. The summed E-state index contributed by atoms with van der Waals surface area (Å²) in [6.07, 6.45) is 0. The molecule has 0 saturated carbocycles. The lowest BCUT2D eigenvalue weighted by Gasteiger charge is -2.11. The van der Waals surface area contributed by atoms with Crippen LogP contribution in [0.4, 0.5) is 4.39 Å². The van der Waals surface area contributed by atoms with Gasteiger partial charge >= 0.3 is 0 Å². The molecule has 0 bridgehead atoms. The van der Waals surface area contributed by atoms with E-state index in [1.165, 1.54) is 24.3 Å². The van der Waals surface area contributed by atoms with E-state index in [1.807, 2.05) is 0 Å². The summed E-state index contributed by atoms with van der Waals surface area (Å²) < 4.78 is 40.4. The number of sulfonamides is 1. The second-order valence-electron chi connectivity index (χ2n) is 4.16. The Morgan fingerprint density at radius 2 is 2.20 bits per heavy atom. The maximum Gasteiger partial charge on any atom is 0.241 e. The van der Waals surface area contributed by atoms with E-state index in [0.29, 0.717) is 5.69 Å². The third-order valence-electron chi connectivity index (χ3n) is 2.76. The Hall–Kier alpha value is -1.35. The van der Waals surface area contributed by atoms with Crippen LogP contribution in [0, 0.1) is 12.7 Å². The molecule has 0 saturated heterocycles. The maximum atomic E-state index is 13.7. The van der Waals surface area contributed by atoms with E-state index in [-0.39, 0.29) is 22.6 Å². The molecule has 0 atom stereocenters. The van der Waals surface area contributed by atoms with Crippen molar-refractivity contribution < 1.29 is 17.9 Å². The van der Waals surface area contributed by atoms with Gasteiger partial charge in [-0.05, 0) is 24.6 Å². The van der Waals surface area contributed by atoms with Crippen LogP contribution in [0.15, 0.2) is 27.9 Å². The molecule has 5 nitrogen and oxygen atoms in total. The third kappa shape index (κ3) is 3.21. The van der Waals surface area contributed by atoms with Crippen molar-refractivity contribution >= 4 is 21.4 Å². The molecule has 0 fully saturated rings. The summed E-state index contributed by atoms with van der Waals surface area (Å²) in [4.78, 5) is 3.79. The van der Waals surface area contributed by atoms with Crippen LogP contribution >= 0.6 is 11.3 Å². The van der Waals surface area contributed by atoms with E-state index in [2.05, 4.69) is 9.71 Å². The molecule has 0 aliphatic rings. The lowest BCUT2D eigenvalue weighted by molar-refractivity contribution is 0.281. The van der Waals surface area contributed by atoms with Gasteiger partial charge in [0.2, 0.25) is 10.0 Å². The van der Waals surface area contributed by atoms with Gasteiger partial charge in [-0.1, -0.05) is 0 Å². The summed E-state index contributed by atoms with van der Waals surface area (Å²) in [5.74, 6) is -0.661. The molecule has 2 aromatic rings. The molecular formula is C12H13FN2O3S2. The van der Waals surface area contributed by atoms with Gasteiger partial charge in [0.1, 0.15) is 5.82 Å². The molecule has 0 aliphatic heterocycles. The molecule has 2 N–H and O–H groups in total. The number of aliphatic hydroxyl groups excluding tert-OH is 1. The standard InChI is InChI=1S/C12H13FN2O3S2/c1-8-11(13)2-9(5-16)3-12(8)20(17,18)15-4-10-6-19-7-14-10/h2-3,6-7,15-16H,4-5H2,1H3. The van der Waals surface area contributed by atoms with Crippen LogP contribution in [0.3, 0.4) is 0 Å². The van der Waals surface area contributed by atoms with Crippen molar-refractivity contribution in [2.24, 2.45) is 0 Å². The number of rotatable bonds is 5. The Morgan fingerprint density at radius 1 is 1.45 bits per heavy atom. The Morgan fingerprint density at radius 3 is 2.80 bits per heavy atom. The van der Waals surface area contributed by atoms with Gasteiger partial charge in [-0.2, -0.15) is 0 Å². The first-order chi connectivity index (χ1) is 9.44. The minimum absolute atomic E-state index is 0.0213. The lowest BCUT2D eigenvalue weighted by Crippen LogP contribution is -2.24. The maximum absolute atomic E-state index is 13.7. The number of thiazole rings is 1. The number of aliphatic hydroxyl groups is 1. The average Bonchev–Trinajstić information content (AvgIpc) is 2.92. The Balaban J connectivity index is 2.31. The average molecular weight is 316 g/mol. The van der Waals surface area contributed by atoms with E-state index >= 15 is 0 Å². The zero-order chi connectivity index (χ0) is 14.8. The van der Waals surface area contributed by atoms with Gasteiger partial charge < -0.3 is 5.11 Å². The molecule has 108 valence electrons. The Bertz CT molecular complexity index is 700. The quantitative estimate of drug-likeness (QED) is 0.877. The molecule has 8 heteroatoms. The first kappa shape index (κ1) is 15.0. The first-order valence-electron chi connectivity index (χ1n) is 5.70. The molecule has 20 heavy (non-hydrogen) atoms. The molecule has 0 radical (unpaired) electrons. The fourth-order valence-electron chi connectivity index (χ4n) is 1.65. The van der Waals surface area contributed by atoms with E-state index < -0.39 is 22.4 Å². The smallest absolute Gasteiger partial charge is 0.241 e. The third-order valence-corrected chi connectivity index (χ3v) is 4.92. The van der Waals surface area contributed by atoms with E-state index in [0.717, 1.165) is 6.07 Å². The van der Waals surface area contributed by atoms with Gasteiger partial charge in [0.05, 0.1) is 29.3 Å². The van der Waals surface area contributed by atoms with E-state index in [4.69, 9.17) is 5.11 Å². The van der Waals surface area contributed by atoms with Gasteiger partial charge in [-0.15, -0.1) is 11.3 Å². The van der Waals surface area contributed by atoms with Crippen molar-refractivity contribution in [2.75, 3.05) is 0 Å². The van der Waals surface area contributed by atoms with Crippen LogP contribution < -0.4 is 4.72 Å². The van der Waals surface area contributed by atoms with Gasteiger partial charge in [-0.25, -0.2) is 22.5 Å². The Kier molecular flexibility index (Phi) is 4.48. The van der Waals surface area contributed by atoms with Crippen LogP contribution in [-0.4, -0.2) is 18.5 Å². The van der Waals surface area contributed by atoms with Gasteiger partial charge in [0.15, 0.2) is 0 Å².